The fraction of sp³-hybridized carbons (Fsp3) is 0.333. The summed E-state index contributed by atoms with van der Waals surface area (Å²) < 4.78 is 1.11. The predicted octanol–water partition coefficient (Wildman–Crippen LogP) is 5.52. The molecule has 0 saturated carbocycles. The second kappa shape index (κ2) is 7.22. The Bertz CT molecular complexity index is 857. The quantitative estimate of drug-likeness (QED) is 0.584. The lowest BCUT2D eigenvalue weighted by molar-refractivity contribution is 0.0639. The standard InChI is InChI=1S/C21H24BrNO/c1-4-23(5-2)14(3)21(24)16-11-10-15-13-20(22)18-9-7-6-8-17(18)19(15)12-16/h6-14,21,24H,4-5H2,1-3H3/t14-,21+/m1/s1. The summed E-state index contributed by atoms with van der Waals surface area (Å²) in [5.74, 6) is 0. The predicted molar refractivity (Wildman–Crippen MR) is 106 cm³/mol. The third-order valence-electron chi connectivity index (χ3n) is 5.02. The maximum Gasteiger partial charge on any atom is 0.0942 e. The van der Waals surface area contributed by atoms with Crippen LogP contribution in [0.25, 0.3) is 21.5 Å². The Balaban J connectivity index is 2.11. The molecule has 0 aromatic heterocycles. The van der Waals surface area contributed by atoms with Gasteiger partial charge in [0.2, 0.25) is 0 Å². The van der Waals surface area contributed by atoms with Gasteiger partial charge in [0.15, 0.2) is 0 Å². The molecule has 0 aliphatic heterocycles. The average molecular weight is 386 g/mol. The minimum absolute atomic E-state index is 0.0964. The number of nitrogens with zero attached hydrogens (tertiary/aromatic N) is 1. The van der Waals surface area contributed by atoms with Gasteiger partial charge in [0, 0.05) is 10.5 Å². The first-order chi connectivity index (χ1) is 11.6. The van der Waals surface area contributed by atoms with Crippen molar-refractivity contribution in [3.05, 3.63) is 58.6 Å². The summed E-state index contributed by atoms with van der Waals surface area (Å²) >= 11 is 3.67. The van der Waals surface area contributed by atoms with Gasteiger partial charge in [-0.1, -0.05) is 66.2 Å². The number of fused-ring (bicyclic) bond motifs is 3. The van der Waals surface area contributed by atoms with Crippen molar-refractivity contribution in [2.45, 2.75) is 32.9 Å². The molecule has 0 spiro atoms. The number of hydrogen-bond donors (Lipinski definition) is 1. The minimum Gasteiger partial charge on any atom is -0.387 e. The number of benzene rings is 3. The fourth-order valence-corrected chi connectivity index (χ4v) is 4.13. The molecule has 0 heterocycles. The van der Waals surface area contributed by atoms with E-state index in [4.69, 9.17) is 0 Å². The molecule has 126 valence electrons. The Morgan fingerprint density at radius 1 is 0.958 bits per heavy atom. The van der Waals surface area contributed by atoms with Gasteiger partial charge in [0.25, 0.3) is 0 Å². The van der Waals surface area contributed by atoms with Crippen LogP contribution in [0.4, 0.5) is 0 Å². The third-order valence-corrected chi connectivity index (χ3v) is 5.68. The summed E-state index contributed by atoms with van der Waals surface area (Å²) in [6, 6.07) is 17.0. The highest BCUT2D eigenvalue weighted by atomic mass is 79.9. The average Bonchev–Trinajstić information content (AvgIpc) is 2.62. The summed E-state index contributed by atoms with van der Waals surface area (Å²) in [5.41, 5.74) is 0.981. The van der Waals surface area contributed by atoms with Gasteiger partial charge in [-0.2, -0.15) is 0 Å². The molecule has 0 unspecified atom stereocenters. The van der Waals surface area contributed by atoms with Gasteiger partial charge in [-0.3, -0.25) is 4.90 Å². The van der Waals surface area contributed by atoms with Crippen molar-refractivity contribution >= 4 is 37.5 Å². The van der Waals surface area contributed by atoms with E-state index in [9.17, 15) is 5.11 Å². The third kappa shape index (κ3) is 3.08. The van der Waals surface area contributed by atoms with E-state index in [0.717, 1.165) is 23.1 Å². The summed E-state index contributed by atoms with van der Waals surface area (Å²) in [7, 11) is 0. The van der Waals surface area contributed by atoms with Gasteiger partial charge in [-0.15, -0.1) is 0 Å². The highest BCUT2D eigenvalue weighted by Crippen LogP contribution is 2.34. The lowest BCUT2D eigenvalue weighted by Gasteiger charge is -2.30. The first kappa shape index (κ1) is 17.4. The number of aliphatic hydroxyl groups excluding tert-OH is 1. The molecule has 3 rings (SSSR count). The first-order valence-electron chi connectivity index (χ1n) is 8.59. The normalized spacial score (nSPS) is 14.4. The summed E-state index contributed by atoms with van der Waals surface area (Å²) in [4.78, 5) is 2.29. The van der Waals surface area contributed by atoms with Crippen LogP contribution in [-0.2, 0) is 0 Å². The highest BCUT2D eigenvalue weighted by molar-refractivity contribution is 9.10. The topological polar surface area (TPSA) is 23.5 Å². The zero-order valence-corrected chi connectivity index (χ0v) is 16.0. The zero-order valence-electron chi connectivity index (χ0n) is 14.5. The van der Waals surface area contributed by atoms with Crippen molar-refractivity contribution in [2.75, 3.05) is 13.1 Å². The van der Waals surface area contributed by atoms with Crippen LogP contribution in [0.3, 0.4) is 0 Å². The fourth-order valence-electron chi connectivity index (χ4n) is 3.54. The van der Waals surface area contributed by atoms with Crippen LogP contribution in [0.2, 0.25) is 0 Å². The second-order valence-electron chi connectivity index (χ2n) is 6.29. The van der Waals surface area contributed by atoms with E-state index >= 15 is 0 Å². The molecule has 0 aliphatic rings. The molecule has 0 aliphatic carbocycles. The van der Waals surface area contributed by atoms with Crippen LogP contribution in [0, 0.1) is 0 Å². The maximum absolute atomic E-state index is 10.9. The van der Waals surface area contributed by atoms with Gasteiger partial charge in [-0.05, 0) is 59.3 Å². The van der Waals surface area contributed by atoms with E-state index in [-0.39, 0.29) is 6.04 Å². The SMILES string of the molecule is CCN(CC)[C@H](C)[C@H](O)c1ccc2cc(Br)c3ccccc3c2c1. The van der Waals surface area contributed by atoms with E-state index in [1.165, 1.54) is 21.5 Å². The van der Waals surface area contributed by atoms with Gasteiger partial charge in [-0.25, -0.2) is 0 Å². The van der Waals surface area contributed by atoms with Gasteiger partial charge in [0.05, 0.1) is 6.10 Å². The van der Waals surface area contributed by atoms with Crippen LogP contribution in [0.5, 0.6) is 0 Å². The highest BCUT2D eigenvalue weighted by Gasteiger charge is 2.21. The van der Waals surface area contributed by atoms with E-state index in [2.05, 4.69) is 84.1 Å². The number of halogens is 1. The number of rotatable bonds is 5. The van der Waals surface area contributed by atoms with Crippen LogP contribution < -0.4 is 0 Å². The minimum atomic E-state index is -0.489. The van der Waals surface area contributed by atoms with Crippen LogP contribution >= 0.6 is 15.9 Å². The van der Waals surface area contributed by atoms with Crippen LogP contribution in [-0.4, -0.2) is 29.1 Å². The molecule has 0 saturated heterocycles. The van der Waals surface area contributed by atoms with Crippen molar-refractivity contribution in [2.24, 2.45) is 0 Å². The Kier molecular flexibility index (Phi) is 5.24. The Morgan fingerprint density at radius 2 is 1.62 bits per heavy atom. The lowest BCUT2D eigenvalue weighted by atomic mass is 9.96. The van der Waals surface area contributed by atoms with Gasteiger partial charge >= 0.3 is 0 Å². The van der Waals surface area contributed by atoms with E-state index in [0.29, 0.717) is 0 Å². The molecule has 3 aromatic carbocycles. The van der Waals surface area contributed by atoms with Crippen LogP contribution in [0.15, 0.2) is 53.0 Å². The molecule has 0 fully saturated rings. The smallest absolute Gasteiger partial charge is 0.0942 e. The van der Waals surface area contributed by atoms with Crippen molar-refractivity contribution < 1.29 is 5.11 Å². The molecular formula is C21H24BrNO. The molecule has 3 heteroatoms. The molecular weight excluding hydrogens is 362 g/mol. The molecule has 24 heavy (non-hydrogen) atoms. The van der Waals surface area contributed by atoms with Crippen molar-refractivity contribution in [1.82, 2.24) is 4.90 Å². The molecule has 1 N–H and O–H groups in total. The molecule has 3 aromatic rings. The van der Waals surface area contributed by atoms with E-state index < -0.39 is 6.10 Å². The monoisotopic (exact) mass is 385 g/mol. The lowest BCUT2D eigenvalue weighted by Crippen LogP contribution is -2.37. The second-order valence-corrected chi connectivity index (χ2v) is 7.15. The van der Waals surface area contributed by atoms with E-state index in [1.54, 1.807) is 0 Å². The van der Waals surface area contributed by atoms with Gasteiger partial charge in [0.1, 0.15) is 0 Å². The Hall–Kier alpha value is -1.42. The maximum atomic E-state index is 10.9. The van der Waals surface area contributed by atoms with Crippen molar-refractivity contribution in [3.63, 3.8) is 0 Å². The first-order valence-corrected chi connectivity index (χ1v) is 9.39. The summed E-state index contributed by atoms with van der Waals surface area (Å²) in [6.45, 7) is 8.26. The molecule has 0 amide bonds. The Labute approximate surface area is 152 Å². The van der Waals surface area contributed by atoms with Gasteiger partial charge < -0.3 is 5.11 Å². The number of hydrogen-bond acceptors (Lipinski definition) is 2. The molecule has 2 atom stereocenters. The largest absolute Gasteiger partial charge is 0.387 e. The zero-order chi connectivity index (χ0) is 17.3. The summed E-state index contributed by atoms with van der Waals surface area (Å²) in [5, 5.41) is 15.7. The number of aliphatic hydroxyl groups is 1. The molecule has 0 bridgehead atoms. The Morgan fingerprint density at radius 3 is 2.29 bits per heavy atom. The van der Waals surface area contributed by atoms with Crippen molar-refractivity contribution in [1.29, 1.82) is 0 Å². The summed E-state index contributed by atoms with van der Waals surface area (Å²) in [6.07, 6.45) is -0.489. The van der Waals surface area contributed by atoms with E-state index in [1.807, 2.05) is 6.07 Å². The molecule has 2 nitrogen and oxygen atoms in total. The van der Waals surface area contributed by atoms with Crippen molar-refractivity contribution in [3.8, 4) is 0 Å². The van der Waals surface area contributed by atoms with Crippen LogP contribution in [0.1, 0.15) is 32.4 Å². The molecule has 0 radical (unpaired) electrons. The number of likely N-dealkylation sites (N-methyl/N-ethyl adjacent to an activating group) is 1.